The van der Waals surface area contributed by atoms with Crippen molar-refractivity contribution in [2.75, 3.05) is 5.32 Å². The first-order chi connectivity index (χ1) is 15.9. The lowest BCUT2D eigenvalue weighted by molar-refractivity contribution is 0.102. The number of aromatic nitrogens is 2. The molecule has 33 heavy (non-hydrogen) atoms. The minimum atomic E-state index is -0.169. The number of carbonyl (C=O) groups excluding carboxylic acids is 1. The van der Waals surface area contributed by atoms with Crippen molar-refractivity contribution in [1.29, 1.82) is 0 Å². The highest BCUT2D eigenvalue weighted by Crippen LogP contribution is 2.27. The van der Waals surface area contributed by atoms with E-state index in [0.29, 0.717) is 16.8 Å². The molecule has 4 aromatic rings. The van der Waals surface area contributed by atoms with Crippen molar-refractivity contribution >= 4 is 22.5 Å². The number of benzene rings is 2. The molecule has 0 spiro atoms. The van der Waals surface area contributed by atoms with Crippen molar-refractivity contribution in [2.24, 2.45) is 7.05 Å². The minimum Gasteiger partial charge on any atom is -0.322 e. The van der Waals surface area contributed by atoms with E-state index in [9.17, 15) is 9.59 Å². The summed E-state index contributed by atoms with van der Waals surface area (Å²) in [7, 11) is 1.78. The molecule has 0 saturated heterocycles. The zero-order valence-electron chi connectivity index (χ0n) is 19.6. The van der Waals surface area contributed by atoms with E-state index >= 15 is 0 Å². The molecule has 2 heterocycles. The van der Waals surface area contributed by atoms with Crippen LogP contribution in [-0.2, 0) is 13.5 Å². The Bertz CT molecular complexity index is 1390. The first-order valence-corrected chi connectivity index (χ1v) is 11.3. The topological polar surface area (TPSA) is 64.0 Å². The summed E-state index contributed by atoms with van der Waals surface area (Å²) in [6.45, 7) is 6.04. The quantitative estimate of drug-likeness (QED) is 0.412. The molecular weight excluding hydrogens is 410 g/mol. The van der Waals surface area contributed by atoms with Gasteiger partial charge in [-0.15, -0.1) is 0 Å². The Kier molecular flexibility index (Phi) is 6.40. The minimum absolute atomic E-state index is 0.0812. The number of fused-ring (bicyclic) bond motifs is 1. The number of nitrogens with one attached hydrogen (secondary N) is 1. The maximum absolute atomic E-state index is 13.2. The molecule has 0 aliphatic rings. The van der Waals surface area contributed by atoms with Crippen molar-refractivity contribution in [2.45, 2.75) is 40.0 Å². The van der Waals surface area contributed by atoms with Gasteiger partial charge in [0.15, 0.2) is 0 Å². The molecule has 0 unspecified atom stereocenters. The van der Waals surface area contributed by atoms with Crippen LogP contribution < -0.4 is 10.9 Å². The summed E-state index contributed by atoms with van der Waals surface area (Å²) in [6.07, 6.45) is 5.10. The van der Waals surface area contributed by atoms with Crippen molar-refractivity contribution in [3.05, 3.63) is 93.5 Å². The monoisotopic (exact) mass is 439 g/mol. The molecule has 0 atom stereocenters. The Morgan fingerprint density at radius 1 is 1.00 bits per heavy atom. The number of hydrogen-bond donors (Lipinski definition) is 1. The lowest BCUT2D eigenvalue weighted by Gasteiger charge is -2.13. The Balaban J connectivity index is 1.65. The molecule has 0 bridgehead atoms. The molecule has 2 aromatic heterocycles. The van der Waals surface area contributed by atoms with Gasteiger partial charge in [-0.3, -0.25) is 14.6 Å². The van der Waals surface area contributed by atoms with E-state index in [1.807, 2.05) is 68.4 Å². The van der Waals surface area contributed by atoms with Gasteiger partial charge in [-0.2, -0.15) is 0 Å². The predicted molar refractivity (Wildman–Crippen MR) is 135 cm³/mol. The molecule has 1 amide bonds. The molecule has 0 saturated carbocycles. The van der Waals surface area contributed by atoms with Crippen LogP contribution in [0, 0.1) is 13.8 Å². The van der Waals surface area contributed by atoms with Crippen LogP contribution in [0.15, 0.2) is 65.6 Å². The van der Waals surface area contributed by atoms with Gasteiger partial charge >= 0.3 is 0 Å². The maximum Gasteiger partial charge on any atom is 0.258 e. The van der Waals surface area contributed by atoms with Gasteiger partial charge in [-0.1, -0.05) is 31.5 Å². The van der Waals surface area contributed by atoms with Gasteiger partial charge in [0.1, 0.15) is 0 Å². The van der Waals surface area contributed by atoms with Gasteiger partial charge < -0.3 is 9.88 Å². The summed E-state index contributed by atoms with van der Waals surface area (Å²) >= 11 is 0. The molecule has 2 aromatic carbocycles. The molecule has 0 aliphatic carbocycles. The Morgan fingerprint density at radius 2 is 1.76 bits per heavy atom. The number of anilines is 1. The molecule has 0 fully saturated rings. The normalized spacial score (nSPS) is 11.0. The maximum atomic E-state index is 13.2. The fraction of sp³-hybridized carbons (Fsp3) is 0.250. The van der Waals surface area contributed by atoms with Gasteiger partial charge in [-0.05, 0) is 79.8 Å². The number of unbranched alkanes of at least 4 members (excludes halogenated alkanes) is 1. The summed E-state index contributed by atoms with van der Waals surface area (Å²) < 4.78 is 1.66. The van der Waals surface area contributed by atoms with Crippen LogP contribution in [-0.4, -0.2) is 15.5 Å². The molecular formula is C28H29N3O2. The number of carbonyl (C=O) groups is 1. The number of amides is 1. The molecule has 4 rings (SSSR count). The van der Waals surface area contributed by atoms with Gasteiger partial charge in [0.25, 0.3) is 11.5 Å². The van der Waals surface area contributed by atoms with E-state index in [0.717, 1.165) is 47.0 Å². The summed E-state index contributed by atoms with van der Waals surface area (Å²) in [5.74, 6) is -0.169. The lowest BCUT2D eigenvalue weighted by atomic mass is 9.99. The van der Waals surface area contributed by atoms with E-state index in [1.165, 1.54) is 5.56 Å². The van der Waals surface area contributed by atoms with Gasteiger partial charge in [0, 0.05) is 41.1 Å². The SMILES string of the molecule is CCCCc1ccc(C(=O)Nc2ccc(C)c(-c3cc4cnc(C)cc4n(C)c3=O)c2)cc1. The fourth-order valence-electron chi connectivity index (χ4n) is 4.05. The summed E-state index contributed by atoms with van der Waals surface area (Å²) in [5, 5.41) is 3.87. The molecule has 0 aliphatic heterocycles. The van der Waals surface area contributed by atoms with E-state index in [1.54, 1.807) is 17.8 Å². The molecule has 5 nitrogen and oxygen atoms in total. The van der Waals surface area contributed by atoms with Gasteiger partial charge in [0.2, 0.25) is 0 Å². The predicted octanol–water partition coefficient (Wildman–Crippen LogP) is 5.81. The van der Waals surface area contributed by atoms with Crippen LogP contribution in [0.5, 0.6) is 0 Å². The van der Waals surface area contributed by atoms with Crippen molar-refractivity contribution in [3.8, 4) is 11.1 Å². The fourth-order valence-corrected chi connectivity index (χ4v) is 4.05. The van der Waals surface area contributed by atoms with Crippen LogP contribution in [0.4, 0.5) is 5.69 Å². The number of rotatable bonds is 6. The third-order valence-electron chi connectivity index (χ3n) is 6.07. The zero-order chi connectivity index (χ0) is 23.5. The smallest absolute Gasteiger partial charge is 0.258 e. The van der Waals surface area contributed by atoms with Crippen LogP contribution in [0.1, 0.15) is 46.9 Å². The standard InChI is InChI=1S/C28H29N3O2/c1-5-6-7-20-9-11-21(12-10-20)27(32)30-23-13-8-18(2)24(16-23)25-15-22-17-29-19(3)14-26(22)31(4)28(25)33/h8-17H,5-7H2,1-4H3,(H,30,32). The highest BCUT2D eigenvalue weighted by Gasteiger charge is 2.14. The Labute approximate surface area is 194 Å². The highest BCUT2D eigenvalue weighted by molar-refractivity contribution is 6.04. The number of hydrogen-bond acceptors (Lipinski definition) is 3. The van der Waals surface area contributed by atoms with E-state index < -0.39 is 0 Å². The second-order valence-corrected chi connectivity index (χ2v) is 8.59. The van der Waals surface area contributed by atoms with Crippen molar-refractivity contribution in [3.63, 3.8) is 0 Å². The molecule has 0 radical (unpaired) electrons. The highest BCUT2D eigenvalue weighted by atomic mass is 16.1. The molecule has 5 heteroatoms. The zero-order valence-corrected chi connectivity index (χ0v) is 19.6. The van der Waals surface area contributed by atoms with Crippen molar-refractivity contribution in [1.82, 2.24) is 9.55 Å². The summed E-state index contributed by atoms with van der Waals surface area (Å²) in [4.78, 5) is 30.4. The van der Waals surface area contributed by atoms with E-state index in [2.05, 4.69) is 17.2 Å². The van der Waals surface area contributed by atoms with Gasteiger partial charge in [0.05, 0.1) is 5.52 Å². The lowest BCUT2D eigenvalue weighted by Crippen LogP contribution is -2.19. The van der Waals surface area contributed by atoms with Crippen LogP contribution >= 0.6 is 0 Å². The summed E-state index contributed by atoms with van der Waals surface area (Å²) in [6, 6.07) is 17.2. The largest absolute Gasteiger partial charge is 0.322 e. The van der Waals surface area contributed by atoms with Crippen LogP contribution in [0.25, 0.3) is 22.0 Å². The molecule has 1 N–H and O–H groups in total. The van der Waals surface area contributed by atoms with Crippen LogP contribution in [0.2, 0.25) is 0 Å². The second-order valence-electron chi connectivity index (χ2n) is 8.59. The third kappa shape index (κ3) is 4.72. The van der Waals surface area contributed by atoms with E-state index in [4.69, 9.17) is 0 Å². The number of aryl methyl sites for hydroxylation is 4. The average molecular weight is 440 g/mol. The third-order valence-corrected chi connectivity index (χ3v) is 6.07. The second kappa shape index (κ2) is 9.41. The molecule has 168 valence electrons. The first-order valence-electron chi connectivity index (χ1n) is 11.3. The number of pyridine rings is 2. The summed E-state index contributed by atoms with van der Waals surface area (Å²) in [5.41, 5.74) is 6.48. The van der Waals surface area contributed by atoms with Crippen molar-refractivity contribution < 1.29 is 4.79 Å². The number of nitrogens with zero attached hydrogens (tertiary/aromatic N) is 2. The van der Waals surface area contributed by atoms with Gasteiger partial charge in [-0.25, -0.2) is 0 Å². The Morgan fingerprint density at radius 3 is 2.48 bits per heavy atom. The first kappa shape index (κ1) is 22.5. The Hall–Kier alpha value is -3.73. The average Bonchev–Trinajstić information content (AvgIpc) is 2.82. The van der Waals surface area contributed by atoms with E-state index in [-0.39, 0.29) is 11.5 Å². The van der Waals surface area contributed by atoms with Crippen LogP contribution in [0.3, 0.4) is 0 Å².